The number of hydrogen-bond donors (Lipinski definition) is 1. The summed E-state index contributed by atoms with van der Waals surface area (Å²) in [7, 11) is 0. The monoisotopic (exact) mass is 435 g/mol. The molecule has 0 spiro atoms. The number of pyridine rings is 1. The maximum absolute atomic E-state index is 13.1. The Morgan fingerprint density at radius 1 is 1.16 bits per heavy atom. The number of rotatable bonds is 6. The van der Waals surface area contributed by atoms with E-state index in [1.165, 1.54) is 4.88 Å². The molecule has 0 bridgehead atoms. The van der Waals surface area contributed by atoms with Crippen LogP contribution in [0.4, 0.5) is 0 Å². The van der Waals surface area contributed by atoms with Crippen LogP contribution < -0.4 is 5.32 Å². The molecule has 1 fully saturated rings. The fourth-order valence-electron chi connectivity index (χ4n) is 3.81. The van der Waals surface area contributed by atoms with E-state index >= 15 is 0 Å². The van der Waals surface area contributed by atoms with Gasteiger partial charge in [-0.25, -0.2) is 0 Å². The lowest BCUT2D eigenvalue weighted by atomic mass is 9.90. The molecule has 1 atom stereocenters. The van der Waals surface area contributed by atoms with Crippen LogP contribution >= 0.6 is 11.3 Å². The molecule has 1 aliphatic rings. The van der Waals surface area contributed by atoms with E-state index in [9.17, 15) is 9.59 Å². The predicted octanol–water partition coefficient (Wildman–Crippen LogP) is 3.40. The van der Waals surface area contributed by atoms with Gasteiger partial charge in [0.15, 0.2) is 5.60 Å². The number of aromatic nitrogens is 1. The maximum Gasteiger partial charge on any atom is 0.272 e. The van der Waals surface area contributed by atoms with E-state index < -0.39 is 5.60 Å². The Morgan fingerprint density at radius 3 is 2.68 bits per heavy atom. The van der Waals surface area contributed by atoms with Gasteiger partial charge in [0.2, 0.25) is 0 Å². The van der Waals surface area contributed by atoms with E-state index in [1.54, 1.807) is 40.6 Å². The first kappa shape index (κ1) is 21.2. The van der Waals surface area contributed by atoms with Gasteiger partial charge in [0, 0.05) is 30.6 Å². The van der Waals surface area contributed by atoms with Gasteiger partial charge in [-0.3, -0.25) is 14.6 Å². The molecule has 4 rings (SSSR count). The quantitative estimate of drug-likeness (QED) is 0.644. The van der Waals surface area contributed by atoms with Crippen LogP contribution in [0.2, 0.25) is 0 Å². The molecule has 0 aliphatic carbocycles. The van der Waals surface area contributed by atoms with Crippen LogP contribution in [0.1, 0.15) is 23.0 Å². The highest BCUT2D eigenvalue weighted by molar-refractivity contribution is 7.13. The molecule has 3 heterocycles. The van der Waals surface area contributed by atoms with Crippen molar-refractivity contribution in [3.63, 3.8) is 0 Å². The maximum atomic E-state index is 13.1. The third-order valence-electron chi connectivity index (χ3n) is 5.36. The molecule has 1 aliphatic heterocycles. The molecular formula is C24H25N3O3S. The van der Waals surface area contributed by atoms with E-state index in [0.29, 0.717) is 31.8 Å². The van der Waals surface area contributed by atoms with Crippen LogP contribution in [0, 0.1) is 0 Å². The van der Waals surface area contributed by atoms with Crippen LogP contribution in [-0.4, -0.2) is 53.5 Å². The van der Waals surface area contributed by atoms with Crippen molar-refractivity contribution in [3.05, 3.63) is 77.4 Å². The SMILES string of the molecule is CCNC(=O)[C@@]1(Cc2ccc(-c3cccs3)cc2)CN(C(=O)c2ccccn2)CCO1. The van der Waals surface area contributed by atoms with Crippen molar-refractivity contribution in [2.75, 3.05) is 26.2 Å². The molecule has 2 amide bonds. The highest BCUT2D eigenvalue weighted by atomic mass is 32.1. The van der Waals surface area contributed by atoms with Crippen LogP contribution in [-0.2, 0) is 16.0 Å². The molecule has 1 saturated heterocycles. The van der Waals surface area contributed by atoms with E-state index in [0.717, 1.165) is 11.1 Å². The van der Waals surface area contributed by atoms with Gasteiger partial charge in [0.05, 0.1) is 13.2 Å². The zero-order valence-electron chi connectivity index (χ0n) is 17.4. The molecule has 0 unspecified atom stereocenters. The second kappa shape index (κ2) is 9.41. The lowest BCUT2D eigenvalue weighted by Gasteiger charge is -2.41. The van der Waals surface area contributed by atoms with Crippen molar-refractivity contribution in [1.82, 2.24) is 15.2 Å². The van der Waals surface area contributed by atoms with E-state index in [1.807, 2.05) is 25.1 Å². The summed E-state index contributed by atoms with van der Waals surface area (Å²) >= 11 is 1.69. The molecule has 7 heteroatoms. The molecule has 31 heavy (non-hydrogen) atoms. The Hall–Kier alpha value is -3.03. The van der Waals surface area contributed by atoms with E-state index in [2.05, 4.69) is 33.9 Å². The van der Waals surface area contributed by atoms with Crippen molar-refractivity contribution < 1.29 is 14.3 Å². The summed E-state index contributed by atoms with van der Waals surface area (Å²) in [4.78, 5) is 33.1. The summed E-state index contributed by atoms with van der Waals surface area (Å²) in [6.07, 6.45) is 1.98. The van der Waals surface area contributed by atoms with Gasteiger partial charge in [-0.15, -0.1) is 11.3 Å². The van der Waals surface area contributed by atoms with Gasteiger partial charge in [-0.05, 0) is 41.6 Å². The smallest absolute Gasteiger partial charge is 0.272 e. The van der Waals surface area contributed by atoms with Crippen molar-refractivity contribution in [2.24, 2.45) is 0 Å². The van der Waals surface area contributed by atoms with Gasteiger partial charge in [-0.2, -0.15) is 0 Å². The fourth-order valence-corrected chi connectivity index (χ4v) is 4.55. The highest BCUT2D eigenvalue weighted by Crippen LogP contribution is 2.28. The number of ether oxygens (including phenoxy) is 1. The number of carbonyl (C=O) groups excluding carboxylic acids is 2. The Balaban J connectivity index is 1.58. The minimum atomic E-state index is -1.14. The van der Waals surface area contributed by atoms with Crippen molar-refractivity contribution >= 4 is 23.2 Å². The summed E-state index contributed by atoms with van der Waals surface area (Å²) in [5.74, 6) is -0.388. The first-order chi connectivity index (χ1) is 15.1. The minimum Gasteiger partial charge on any atom is -0.361 e. The number of thiophene rings is 1. The first-order valence-corrected chi connectivity index (χ1v) is 11.2. The molecule has 3 aromatic rings. The average Bonchev–Trinajstić information content (AvgIpc) is 3.35. The molecule has 6 nitrogen and oxygen atoms in total. The Labute approximate surface area is 185 Å². The van der Waals surface area contributed by atoms with Crippen molar-refractivity contribution in [2.45, 2.75) is 18.9 Å². The number of nitrogens with one attached hydrogen (secondary N) is 1. The Morgan fingerprint density at radius 2 is 2.00 bits per heavy atom. The van der Waals surface area contributed by atoms with Crippen molar-refractivity contribution in [3.8, 4) is 10.4 Å². The Bertz CT molecular complexity index is 1020. The third-order valence-corrected chi connectivity index (χ3v) is 6.28. The summed E-state index contributed by atoms with van der Waals surface area (Å²) in [6, 6.07) is 17.5. The van der Waals surface area contributed by atoms with Crippen LogP contribution in [0.5, 0.6) is 0 Å². The van der Waals surface area contributed by atoms with Gasteiger partial charge in [-0.1, -0.05) is 36.4 Å². The minimum absolute atomic E-state index is 0.181. The summed E-state index contributed by atoms with van der Waals surface area (Å²) in [5, 5.41) is 4.95. The first-order valence-electron chi connectivity index (χ1n) is 10.4. The van der Waals surface area contributed by atoms with Gasteiger partial charge in [0.1, 0.15) is 5.69 Å². The standard InChI is InChI=1S/C24H25N3O3S/c1-2-25-23(29)24(16-18-8-10-19(11-9-18)21-7-5-15-31-21)17-27(13-14-30-24)22(28)20-6-3-4-12-26-20/h3-12,15H,2,13-14,16-17H2,1H3,(H,25,29)/t24-/m1/s1. The number of hydrogen-bond acceptors (Lipinski definition) is 5. The fraction of sp³-hybridized carbons (Fsp3) is 0.292. The van der Waals surface area contributed by atoms with Gasteiger partial charge >= 0.3 is 0 Å². The second-order valence-electron chi connectivity index (χ2n) is 7.49. The van der Waals surface area contributed by atoms with Crippen LogP contribution in [0.3, 0.4) is 0 Å². The number of amides is 2. The highest BCUT2D eigenvalue weighted by Gasteiger charge is 2.45. The van der Waals surface area contributed by atoms with E-state index in [4.69, 9.17) is 4.74 Å². The lowest BCUT2D eigenvalue weighted by Crippen LogP contribution is -2.62. The van der Waals surface area contributed by atoms with Gasteiger partial charge < -0.3 is 15.0 Å². The number of nitrogens with zero attached hydrogens (tertiary/aromatic N) is 2. The topological polar surface area (TPSA) is 71.5 Å². The summed E-state index contributed by atoms with van der Waals surface area (Å²) in [6.45, 7) is 3.27. The zero-order valence-corrected chi connectivity index (χ0v) is 18.2. The molecule has 160 valence electrons. The number of likely N-dealkylation sites (N-methyl/N-ethyl adjacent to an activating group) is 1. The van der Waals surface area contributed by atoms with Crippen LogP contribution in [0.15, 0.2) is 66.2 Å². The molecule has 0 saturated carbocycles. The molecule has 1 aromatic carbocycles. The molecule has 2 aromatic heterocycles. The second-order valence-corrected chi connectivity index (χ2v) is 8.44. The normalized spacial score (nSPS) is 18.5. The van der Waals surface area contributed by atoms with Gasteiger partial charge in [0.25, 0.3) is 11.8 Å². The predicted molar refractivity (Wildman–Crippen MR) is 121 cm³/mol. The number of morpholine rings is 1. The molecular weight excluding hydrogens is 410 g/mol. The largest absolute Gasteiger partial charge is 0.361 e. The summed E-state index contributed by atoms with van der Waals surface area (Å²) < 4.78 is 6.08. The summed E-state index contributed by atoms with van der Waals surface area (Å²) in [5.41, 5.74) is 1.36. The number of carbonyl (C=O) groups is 2. The van der Waals surface area contributed by atoms with Crippen molar-refractivity contribution in [1.29, 1.82) is 0 Å². The lowest BCUT2D eigenvalue weighted by molar-refractivity contribution is -0.157. The van der Waals surface area contributed by atoms with Crippen LogP contribution in [0.25, 0.3) is 10.4 Å². The third kappa shape index (κ3) is 4.68. The average molecular weight is 436 g/mol. The van der Waals surface area contributed by atoms with E-state index in [-0.39, 0.29) is 18.4 Å². The molecule has 1 N–H and O–H groups in total. The Kier molecular flexibility index (Phi) is 6.44. The number of benzene rings is 1. The zero-order chi connectivity index (χ0) is 21.7. The molecule has 0 radical (unpaired) electrons.